The summed E-state index contributed by atoms with van der Waals surface area (Å²) in [6.45, 7) is 8.30. The van der Waals surface area contributed by atoms with Crippen LogP contribution in [0.5, 0.6) is 0 Å². The highest BCUT2D eigenvalue weighted by atomic mass is 32.2. The quantitative estimate of drug-likeness (QED) is 0.904. The molecular weight excluding hydrogens is 286 g/mol. The zero-order chi connectivity index (χ0) is 15.6. The Morgan fingerprint density at radius 2 is 1.95 bits per heavy atom. The van der Waals surface area contributed by atoms with Gasteiger partial charge in [-0.05, 0) is 24.8 Å². The molecule has 2 heterocycles. The molecule has 0 atom stereocenters. The van der Waals surface area contributed by atoms with Crippen molar-refractivity contribution >= 4 is 10.0 Å². The number of rotatable bonds is 5. The SMILES string of the molecule is CC1CCN(S(=O)(=O)c2cc(CNC(C)C)n(C)c2)CC1. The van der Waals surface area contributed by atoms with Crippen molar-refractivity contribution in [2.75, 3.05) is 13.1 Å². The summed E-state index contributed by atoms with van der Waals surface area (Å²) >= 11 is 0. The lowest BCUT2D eigenvalue weighted by Gasteiger charge is -2.29. The van der Waals surface area contributed by atoms with E-state index >= 15 is 0 Å². The third kappa shape index (κ3) is 3.87. The van der Waals surface area contributed by atoms with Gasteiger partial charge in [0.1, 0.15) is 4.90 Å². The average Bonchev–Trinajstić information content (AvgIpc) is 2.79. The first-order valence-corrected chi connectivity index (χ1v) is 9.13. The standard InChI is InChI=1S/C15H27N3O2S/c1-12(2)16-10-14-9-15(11-17(14)4)21(19,20)18-7-5-13(3)6-8-18/h9,11-13,16H,5-8,10H2,1-4H3. The maximum atomic E-state index is 12.7. The van der Waals surface area contributed by atoms with Gasteiger partial charge >= 0.3 is 0 Å². The Hall–Kier alpha value is -0.850. The maximum Gasteiger partial charge on any atom is 0.244 e. The van der Waals surface area contributed by atoms with Crippen LogP contribution in [0, 0.1) is 5.92 Å². The van der Waals surface area contributed by atoms with Gasteiger partial charge in [0.2, 0.25) is 10.0 Å². The Balaban J connectivity index is 2.15. The van der Waals surface area contributed by atoms with E-state index in [0.29, 0.717) is 36.5 Å². The average molecular weight is 313 g/mol. The normalized spacial score (nSPS) is 18.5. The fraction of sp³-hybridized carbons (Fsp3) is 0.733. The summed E-state index contributed by atoms with van der Waals surface area (Å²) < 4.78 is 28.9. The lowest BCUT2D eigenvalue weighted by Crippen LogP contribution is -2.37. The van der Waals surface area contributed by atoms with Crippen molar-refractivity contribution in [1.82, 2.24) is 14.2 Å². The van der Waals surface area contributed by atoms with Crippen LogP contribution in [0.2, 0.25) is 0 Å². The summed E-state index contributed by atoms with van der Waals surface area (Å²) in [7, 11) is -1.44. The van der Waals surface area contributed by atoms with Gasteiger partial charge in [-0.1, -0.05) is 20.8 Å². The number of aromatic nitrogens is 1. The highest BCUT2D eigenvalue weighted by molar-refractivity contribution is 7.89. The molecule has 0 unspecified atom stereocenters. The number of nitrogens with one attached hydrogen (secondary N) is 1. The van der Waals surface area contributed by atoms with E-state index in [1.165, 1.54) is 0 Å². The number of hydrogen-bond acceptors (Lipinski definition) is 3. The van der Waals surface area contributed by atoms with Crippen LogP contribution in [0.3, 0.4) is 0 Å². The first-order chi connectivity index (χ1) is 9.80. The second-order valence-electron chi connectivity index (χ2n) is 6.40. The fourth-order valence-electron chi connectivity index (χ4n) is 2.58. The second-order valence-corrected chi connectivity index (χ2v) is 8.34. The zero-order valence-corrected chi connectivity index (χ0v) is 14.3. The van der Waals surface area contributed by atoms with Crippen LogP contribution in [0.15, 0.2) is 17.2 Å². The van der Waals surface area contributed by atoms with Crippen LogP contribution >= 0.6 is 0 Å². The maximum absolute atomic E-state index is 12.7. The molecule has 0 amide bonds. The lowest BCUT2D eigenvalue weighted by molar-refractivity contribution is 0.288. The summed E-state index contributed by atoms with van der Waals surface area (Å²) in [5.74, 6) is 0.623. The number of nitrogens with zero attached hydrogens (tertiary/aromatic N) is 2. The Kier molecular flexibility index (Phi) is 5.11. The van der Waals surface area contributed by atoms with Gasteiger partial charge in [-0.25, -0.2) is 8.42 Å². The van der Waals surface area contributed by atoms with E-state index in [2.05, 4.69) is 26.1 Å². The molecule has 0 bridgehead atoms. The summed E-state index contributed by atoms with van der Waals surface area (Å²) in [6.07, 6.45) is 3.63. The van der Waals surface area contributed by atoms with Crippen molar-refractivity contribution in [3.63, 3.8) is 0 Å². The van der Waals surface area contributed by atoms with Crippen LogP contribution in [0.1, 0.15) is 39.3 Å². The van der Waals surface area contributed by atoms with Crippen molar-refractivity contribution < 1.29 is 8.42 Å². The molecule has 1 aromatic rings. The van der Waals surface area contributed by atoms with Crippen LogP contribution < -0.4 is 5.32 Å². The predicted molar refractivity (Wildman–Crippen MR) is 84.5 cm³/mol. The Morgan fingerprint density at radius 1 is 1.33 bits per heavy atom. The van der Waals surface area contributed by atoms with Crippen molar-refractivity contribution in [2.45, 2.75) is 51.1 Å². The van der Waals surface area contributed by atoms with Crippen molar-refractivity contribution in [3.05, 3.63) is 18.0 Å². The Bertz CT molecular complexity index is 570. The first-order valence-electron chi connectivity index (χ1n) is 7.69. The van der Waals surface area contributed by atoms with E-state index in [1.807, 2.05) is 11.6 Å². The Morgan fingerprint density at radius 3 is 2.52 bits per heavy atom. The van der Waals surface area contributed by atoms with Gasteiger partial charge in [0.05, 0.1) is 0 Å². The molecular formula is C15H27N3O2S. The molecule has 1 fully saturated rings. The van der Waals surface area contributed by atoms with Gasteiger partial charge in [-0.15, -0.1) is 0 Å². The fourth-order valence-corrected chi connectivity index (χ4v) is 4.14. The molecule has 1 aliphatic heterocycles. The monoisotopic (exact) mass is 313 g/mol. The van der Waals surface area contributed by atoms with E-state index in [0.717, 1.165) is 18.5 Å². The lowest BCUT2D eigenvalue weighted by atomic mass is 10.0. The molecule has 21 heavy (non-hydrogen) atoms. The minimum Gasteiger partial charge on any atom is -0.352 e. The number of piperidine rings is 1. The smallest absolute Gasteiger partial charge is 0.244 e. The van der Waals surface area contributed by atoms with E-state index < -0.39 is 10.0 Å². The molecule has 6 heteroatoms. The topological polar surface area (TPSA) is 54.3 Å². The molecule has 0 saturated carbocycles. The van der Waals surface area contributed by atoms with Gasteiger partial charge in [0.15, 0.2) is 0 Å². The number of aryl methyl sites for hydroxylation is 1. The first kappa shape index (κ1) is 16.5. The third-order valence-electron chi connectivity index (χ3n) is 4.15. The molecule has 120 valence electrons. The summed E-state index contributed by atoms with van der Waals surface area (Å²) in [6, 6.07) is 2.17. The van der Waals surface area contributed by atoms with Crippen molar-refractivity contribution in [2.24, 2.45) is 13.0 Å². The molecule has 0 aliphatic carbocycles. The minimum atomic E-state index is -3.34. The van der Waals surface area contributed by atoms with Crippen LogP contribution in [-0.4, -0.2) is 36.4 Å². The summed E-state index contributed by atoms with van der Waals surface area (Å²) in [5.41, 5.74) is 0.993. The Labute approximate surface area is 128 Å². The highest BCUT2D eigenvalue weighted by Crippen LogP contribution is 2.24. The molecule has 1 saturated heterocycles. The largest absolute Gasteiger partial charge is 0.352 e. The number of sulfonamides is 1. The van der Waals surface area contributed by atoms with Gasteiger partial charge in [-0.3, -0.25) is 0 Å². The molecule has 0 radical (unpaired) electrons. The molecule has 5 nitrogen and oxygen atoms in total. The second kappa shape index (κ2) is 6.50. The van der Waals surface area contributed by atoms with Gasteiger partial charge in [0, 0.05) is 44.6 Å². The van der Waals surface area contributed by atoms with E-state index in [9.17, 15) is 8.42 Å². The summed E-state index contributed by atoms with van der Waals surface area (Å²) in [5, 5.41) is 3.32. The molecule has 0 spiro atoms. The summed E-state index contributed by atoms with van der Waals surface area (Å²) in [4.78, 5) is 0.417. The van der Waals surface area contributed by atoms with E-state index in [1.54, 1.807) is 16.6 Å². The van der Waals surface area contributed by atoms with Crippen LogP contribution in [0.25, 0.3) is 0 Å². The molecule has 0 aromatic carbocycles. The highest BCUT2D eigenvalue weighted by Gasteiger charge is 2.29. The van der Waals surface area contributed by atoms with Crippen molar-refractivity contribution in [3.8, 4) is 0 Å². The van der Waals surface area contributed by atoms with Gasteiger partial charge in [0.25, 0.3) is 0 Å². The van der Waals surface area contributed by atoms with Gasteiger partial charge in [-0.2, -0.15) is 4.31 Å². The van der Waals surface area contributed by atoms with Crippen LogP contribution in [0.4, 0.5) is 0 Å². The zero-order valence-electron chi connectivity index (χ0n) is 13.5. The van der Waals surface area contributed by atoms with Crippen molar-refractivity contribution in [1.29, 1.82) is 0 Å². The van der Waals surface area contributed by atoms with Gasteiger partial charge < -0.3 is 9.88 Å². The third-order valence-corrected chi connectivity index (χ3v) is 6.02. The van der Waals surface area contributed by atoms with E-state index in [-0.39, 0.29) is 0 Å². The number of hydrogen-bond donors (Lipinski definition) is 1. The molecule has 1 aromatic heterocycles. The van der Waals surface area contributed by atoms with E-state index in [4.69, 9.17) is 0 Å². The molecule has 2 rings (SSSR count). The predicted octanol–water partition coefficient (Wildman–Crippen LogP) is 1.94. The molecule has 1 aliphatic rings. The van der Waals surface area contributed by atoms with Crippen LogP contribution in [-0.2, 0) is 23.6 Å². The molecule has 1 N–H and O–H groups in total. The minimum absolute atomic E-state index is 0.378.